The van der Waals surface area contributed by atoms with Crippen molar-refractivity contribution in [3.8, 4) is 0 Å². The van der Waals surface area contributed by atoms with Crippen LogP contribution in [0, 0.1) is 5.41 Å². The van der Waals surface area contributed by atoms with Gasteiger partial charge in [0.05, 0.1) is 23.7 Å². The summed E-state index contributed by atoms with van der Waals surface area (Å²) in [6.45, 7) is 10.9. The van der Waals surface area contributed by atoms with Crippen molar-refractivity contribution in [1.29, 1.82) is 0 Å². The first-order valence-electron chi connectivity index (χ1n) is 13.5. The van der Waals surface area contributed by atoms with Gasteiger partial charge in [0, 0.05) is 12.5 Å². The van der Waals surface area contributed by atoms with E-state index in [2.05, 4.69) is 130 Å². The minimum absolute atomic E-state index is 0.481. The summed E-state index contributed by atoms with van der Waals surface area (Å²) >= 11 is 0. The van der Waals surface area contributed by atoms with E-state index in [1.165, 1.54) is 0 Å². The molecule has 0 aliphatic carbocycles. The number of aromatic nitrogens is 2. The first-order chi connectivity index (χ1) is 18.7. The van der Waals surface area contributed by atoms with Gasteiger partial charge in [0.25, 0.3) is 5.85 Å². The van der Waals surface area contributed by atoms with Crippen molar-refractivity contribution in [1.82, 2.24) is 15.0 Å². The summed E-state index contributed by atoms with van der Waals surface area (Å²) in [6, 6.07) is 31.8. The Labute approximate surface area is 232 Å². The van der Waals surface area contributed by atoms with Crippen LogP contribution in [-0.2, 0) is 15.0 Å². The van der Waals surface area contributed by atoms with Crippen LogP contribution in [0.2, 0.25) is 13.1 Å². The van der Waals surface area contributed by atoms with Crippen LogP contribution in [0.5, 0.6) is 0 Å². The molecule has 1 unspecified atom stereocenters. The van der Waals surface area contributed by atoms with Crippen LogP contribution in [0.1, 0.15) is 37.5 Å². The number of ether oxygens (including phenoxy) is 1. The predicted molar refractivity (Wildman–Crippen MR) is 159 cm³/mol. The van der Waals surface area contributed by atoms with Crippen LogP contribution < -0.4 is 16.3 Å². The van der Waals surface area contributed by atoms with Crippen LogP contribution >= 0.6 is 0 Å². The standard InChI is InChI=1S/C32H38N4O2Si/c1-30(2,3)32(37-4)35-28-26(33-29(34-28)39(6)7)27(36(32)38-5)31(23-17-11-8-12-18-23,24-19-13-9-14-20-24)25-21-15-10-16-22-25/h8-22,39H,1-7H3,(H,33,34,35). The molecule has 0 amide bonds. The number of nitrogens with zero attached hydrogens (tertiary/aromatic N) is 3. The molecule has 5 rings (SSSR count). The first kappa shape index (κ1) is 27.1. The van der Waals surface area contributed by atoms with Gasteiger partial charge in [0.15, 0.2) is 5.49 Å². The quantitative estimate of drug-likeness (QED) is 0.284. The van der Waals surface area contributed by atoms with Crippen LogP contribution in [0.15, 0.2) is 96.0 Å². The van der Waals surface area contributed by atoms with Gasteiger partial charge in [-0.05, 0) is 16.7 Å². The Kier molecular flexibility index (Phi) is 7.09. The molecular weight excluding hydrogens is 500 g/mol. The molecule has 39 heavy (non-hydrogen) atoms. The summed E-state index contributed by atoms with van der Waals surface area (Å²) in [6.07, 6.45) is 0. The molecular formula is C32H38N4O2Si. The molecule has 0 radical (unpaired) electrons. The van der Waals surface area contributed by atoms with E-state index in [1.54, 1.807) is 14.2 Å². The Morgan fingerprint density at radius 2 is 1.23 bits per heavy atom. The second kappa shape index (κ2) is 10.2. The average molecular weight is 539 g/mol. The van der Waals surface area contributed by atoms with Gasteiger partial charge >= 0.3 is 0 Å². The molecule has 1 N–H and O–H groups in total. The minimum Gasteiger partial charge on any atom is -0.343 e. The molecule has 1 aliphatic heterocycles. The zero-order valence-electron chi connectivity index (χ0n) is 23.9. The van der Waals surface area contributed by atoms with Crippen LogP contribution in [-0.4, -0.2) is 43.9 Å². The Bertz CT molecular complexity index is 1450. The first-order valence-corrected chi connectivity index (χ1v) is 16.4. The topological polar surface area (TPSA) is 62.7 Å². The minimum atomic E-state index is -1.30. The lowest BCUT2D eigenvalue weighted by Crippen LogP contribution is -2.64. The number of fused-ring (bicyclic) bond motifs is 1. The third-order valence-corrected chi connectivity index (χ3v) is 9.01. The number of benzene rings is 3. The smallest absolute Gasteiger partial charge is 0.268 e. The lowest BCUT2D eigenvalue weighted by molar-refractivity contribution is -0.295. The summed E-state index contributed by atoms with van der Waals surface area (Å²) in [5.74, 6) is -1.18. The highest BCUT2D eigenvalue weighted by atomic mass is 28.3. The Morgan fingerprint density at radius 1 is 0.769 bits per heavy atom. The van der Waals surface area contributed by atoms with Crippen molar-refractivity contribution in [3.05, 3.63) is 119 Å². The van der Waals surface area contributed by atoms with Crippen molar-refractivity contribution in [2.24, 2.45) is 10.4 Å². The Hall–Kier alpha value is -3.52. The molecule has 1 aliphatic rings. The van der Waals surface area contributed by atoms with Crippen molar-refractivity contribution < 1.29 is 9.57 Å². The van der Waals surface area contributed by atoms with Gasteiger partial charge in [0.1, 0.15) is 14.1 Å². The van der Waals surface area contributed by atoms with E-state index >= 15 is 0 Å². The molecule has 0 bridgehead atoms. The maximum atomic E-state index is 6.38. The van der Waals surface area contributed by atoms with Crippen molar-refractivity contribution in [2.75, 3.05) is 14.2 Å². The molecule has 2 heterocycles. The van der Waals surface area contributed by atoms with Crippen LogP contribution in [0.25, 0.3) is 5.70 Å². The van der Waals surface area contributed by atoms with Gasteiger partial charge in [-0.25, -0.2) is 15.0 Å². The second-order valence-electron chi connectivity index (χ2n) is 11.3. The maximum absolute atomic E-state index is 6.38. The summed E-state index contributed by atoms with van der Waals surface area (Å²) in [5.41, 5.74) is 4.58. The number of nitrogens with one attached hydrogen (secondary N) is 1. The molecule has 1 aromatic heterocycles. The van der Waals surface area contributed by atoms with Crippen molar-refractivity contribution in [2.45, 2.75) is 45.1 Å². The van der Waals surface area contributed by atoms with Gasteiger partial charge < -0.3 is 9.72 Å². The third kappa shape index (κ3) is 4.16. The number of rotatable bonds is 7. The number of H-pyrrole nitrogens is 1. The lowest BCUT2D eigenvalue weighted by atomic mass is 9.66. The van der Waals surface area contributed by atoms with E-state index in [4.69, 9.17) is 19.6 Å². The largest absolute Gasteiger partial charge is 0.343 e. The highest BCUT2D eigenvalue weighted by Gasteiger charge is 2.57. The molecule has 0 fully saturated rings. The fraction of sp³-hybridized carbons (Fsp3) is 0.312. The summed E-state index contributed by atoms with van der Waals surface area (Å²) < 4.78 is 6.38. The molecule has 0 saturated heterocycles. The van der Waals surface area contributed by atoms with E-state index < -0.39 is 25.5 Å². The van der Waals surface area contributed by atoms with Gasteiger partial charge in [-0.3, -0.25) is 4.84 Å². The molecule has 3 aromatic carbocycles. The molecule has 7 heteroatoms. The molecule has 0 saturated carbocycles. The number of hydrogen-bond acceptors (Lipinski definition) is 5. The van der Waals surface area contributed by atoms with Gasteiger partial charge in [-0.15, -0.1) is 0 Å². The Balaban J connectivity index is 2.08. The highest BCUT2D eigenvalue weighted by Crippen LogP contribution is 2.51. The molecule has 1 atom stereocenters. The summed E-state index contributed by atoms with van der Waals surface area (Å²) in [5, 5.41) is 2.73. The number of methoxy groups -OCH3 is 1. The fourth-order valence-corrected chi connectivity index (χ4v) is 6.59. The monoisotopic (exact) mass is 538 g/mol. The van der Waals surface area contributed by atoms with E-state index in [0.717, 1.165) is 33.2 Å². The van der Waals surface area contributed by atoms with Gasteiger partial charge in [-0.2, -0.15) is 0 Å². The molecule has 202 valence electrons. The Morgan fingerprint density at radius 3 is 1.59 bits per heavy atom. The van der Waals surface area contributed by atoms with E-state index in [1.807, 2.05) is 5.06 Å². The SMILES string of the molecule is CON1C(C(c2ccccc2)(c2ccccc2)c2ccccc2)=c2[nH]c([SiH](C)C)nc2=NC1(OC)C(C)(C)C. The van der Waals surface area contributed by atoms with Crippen LogP contribution in [0.3, 0.4) is 0 Å². The maximum Gasteiger partial charge on any atom is 0.268 e. The second-order valence-corrected chi connectivity index (χ2v) is 14.2. The van der Waals surface area contributed by atoms with Crippen LogP contribution in [0.4, 0.5) is 0 Å². The average Bonchev–Trinajstić information content (AvgIpc) is 3.38. The number of hydrogen-bond donors (Lipinski definition) is 1. The summed E-state index contributed by atoms with van der Waals surface area (Å²) in [7, 11) is 2.09. The third-order valence-electron chi connectivity index (χ3n) is 7.64. The van der Waals surface area contributed by atoms with E-state index in [-0.39, 0.29) is 0 Å². The number of aromatic amines is 1. The predicted octanol–water partition coefficient (Wildman–Crippen LogP) is 4.09. The molecule has 0 spiro atoms. The lowest BCUT2D eigenvalue weighted by Gasteiger charge is -2.52. The normalized spacial score (nSPS) is 17.7. The van der Waals surface area contributed by atoms with Gasteiger partial charge in [0.2, 0.25) is 0 Å². The molecule has 4 aromatic rings. The zero-order chi connectivity index (χ0) is 27.8. The van der Waals surface area contributed by atoms with Crippen molar-refractivity contribution >= 4 is 19.9 Å². The van der Waals surface area contributed by atoms with Crippen molar-refractivity contribution in [3.63, 3.8) is 0 Å². The zero-order valence-corrected chi connectivity index (χ0v) is 25.1. The highest BCUT2D eigenvalue weighted by molar-refractivity contribution is 6.69. The fourth-order valence-electron chi connectivity index (χ4n) is 5.78. The van der Waals surface area contributed by atoms with Gasteiger partial charge in [-0.1, -0.05) is 125 Å². The van der Waals surface area contributed by atoms with E-state index in [9.17, 15) is 0 Å². The number of imidazole rings is 1. The number of hydroxylamine groups is 2. The molecule has 6 nitrogen and oxygen atoms in total. The van der Waals surface area contributed by atoms with E-state index in [0.29, 0.717) is 5.49 Å². The summed E-state index contributed by atoms with van der Waals surface area (Å²) in [4.78, 5) is 20.4.